The molecule has 0 fully saturated rings. The van der Waals surface area contributed by atoms with Crippen molar-refractivity contribution in [3.8, 4) is 0 Å². The third-order valence-corrected chi connectivity index (χ3v) is 3.06. The predicted octanol–water partition coefficient (Wildman–Crippen LogP) is 2.52. The molecule has 0 spiro atoms. The van der Waals surface area contributed by atoms with Gasteiger partial charge in [0.15, 0.2) is 0 Å². The maximum atomic E-state index is 13.8. The molecule has 3 nitrogen and oxygen atoms in total. The molecule has 0 saturated heterocycles. The molecule has 4 heteroatoms. The lowest BCUT2D eigenvalue weighted by Gasteiger charge is -2.07. The Morgan fingerprint density at radius 2 is 2.00 bits per heavy atom. The highest BCUT2D eigenvalue weighted by molar-refractivity contribution is 5.92. The van der Waals surface area contributed by atoms with E-state index in [-0.39, 0.29) is 5.56 Å². The smallest absolute Gasteiger partial charge is 0.248 e. The summed E-state index contributed by atoms with van der Waals surface area (Å²) in [6.45, 7) is 3.10. The Morgan fingerprint density at radius 3 is 2.65 bits per heavy atom. The SMILES string of the molecule is Cc1cccc(CNCc2ccc(C(N)=O)cc2F)c1. The number of halogens is 1. The first-order chi connectivity index (χ1) is 9.56. The van der Waals surface area contributed by atoms with Gasteiger partial charge in [0.2, 0.25) is 5.91 Å². The number of hydrogen-bond acceptors (Lipinski definition) is 2. The summed E-state index contributed by atoms with van der Waals surface area (Å²) in [4.78, 5) is 10.9. The number of amides is 1. The Kier molecular flexibility index (Phi) is 4.48. The van der Waals surface area contributed by atoms with E-state index in [1.165, 1.54) is 17.7 Å². The van der Waals surface area contributed by atoms with Crippen LogP contribution >= 0.6 is 0 Å². The number of nitrogens with two attached hydrogens (primary N) is 1. The number of hydrogen-bond donors (Lipinski definition) is 2. The van der Waals surface area contributed by atoms with Crippen molar-refractivity contribution in [2.75, 3.05) is 0 Å². The number of carbonyl (C=O) groups is 1. The first-order valence-electron chi connectivity index (χ1n) is 6.41. The summed E-state index contributed by atoms with van der Waals surface area (Å²) in [6, 6.07) is 12.4. The molecule has 2 aromatic rings. The van der Waals surface area contributed by atoms with Gasteiger partial charge in [0.1, 0.15) is 5.82 Å². The molecular formula is C16H17FN2O. The van der Waals surface area contributed by atoms with Gasteiger partial charge >= 0.3 is 0 Å². The van der Waals surface area contributed by atoms with Crippen LogP contribution in [0.1, 0.15) is 27.0 Å². The van der Waals surface area contributed by atoms with Gasteiger partial charge in [-0.15, -0.1) is 0 Å². The van der Waals surface area contributed by atoms with Crippen molar-refractivity contribution >= 4 is 5.91 Å². The van der Waals surface area contributed by atoms with E-state index in [1.807, 2.05) is 25.1 Å². The molecule has 2 rings (SSSR count). The van der Waals surface area contributed by atoms with Crippen molar-refractivity contribution in [3.63, 3.8) is 0 Å². The Morgan fingerprint density at radius 1 is 1.20 bits per heavy atom. The lowest BCUT2D eigenvalue weighted by atomic mass is 10.1. The third-order valence-electron chi connectivity index (χ3n) is 3.06. The molecule has 0 heterocycles. The fourth-order valence-electron chi connectivity index (χ4n) is 2.01. The molecule has 0 bridgehead atoms. The largest absolute Gasteiger partial charge is 0.366 e. The number of primary amides is 1. The molecule has 3 N–H and O–H groups in total. The molecular weight excluding hydrogens is 255 g/mol. The van der Waals surface area contributed by atoms with Gasteiger partial charge in [-0.1, -0.05) is 35.9 Å². The first kappa shape index (κ1) is 14.2. The molecule has 104 valence electrons. The van der Waals surface area contributed by atoms with Crippen molar-refractivity contribution in [2.24, 2.45) is 5.73 Å². The molecule has 0 aromatic heterocycles. The minimum atomic E-state index is -0.622. The average Bonchev–Trinajstić information content (AvgIpc) is 2.40. The second kappa shape index (κ2) is 6.30. The Bertz CT molecular complexity index is 626. The Balaban J connectivity index is 1.96. The molecule has 0 aliphatic rings. The Hall–Kier alpha value is -2.20. The van der Waals surface area contributed by atoms with E-state index >= 15 is 0 Å². The van der Waals surface area contributed by atoms with Crippen LogP contribution in [0.5, 0.6) is 0 Å². The van der Waals surface area contributed by atoms with Crippen LogP contribution < -0.4 is 11.1 Å². The first-order valence-corrected chi connectivity index (χ1v) is 6.41. The number of rotatable bonds is 5. The van der Waals surface area contributed by atoms with E-state index in [0.29, 0.717) is 18.7 Å². The minimum absolute atomic E-state index is 0.185. The zero-order valence-electron chi connectivity index (χ0n) is 11.3. The number of carbonyl (C=O) groups excluding carboxylic acids is 1. The van der Waals surface area contributed by atoms with Crippen molar-refractivity contribution < 1.29 is 9.18 Å². The van der Waals surface area contributed by atoms with Crippen LogP contribution in [-0.4, -0.2) is 5.91 Å². The van der Waals surface area contributed by atoms with Crippen LogP contribution in [-0.2, 0) is 13.1 Å². The molecule has 20 heavy (non-hydrogen) atoms. The second-order valence-corrected chi connectivity index (χ2v) is 4.76. The fraction of sp³-hybridized carbons (Fsp3) is 0.188. The van der Waals surface area contributed by atoms with Gasteiger partial charge in [-0.3, -0.25) is 4.79 Å². The second-order valence-electron chi connectivity index (χ2n) is 4.76. The van der Waals surface area contributed by atoms with E-state index in [1.54, 1.807) is 6.07 Å². The van der Waals surface area contributed by atoms with Gasteiger partial charge in [-0.25, -0.2) is 4.39 Å². The van der Waals surface area contributed by atoms with Gasteiger partial charge in [-0.2, -0.15) is 0 Å². The summed E-state index contributed by atoms with van der Waals surface area (Å²) in [5, 5.41) is 3.18. The van der Waals surface area contributed by atoms with Gasteiger partial charge < -0.3 is 11.1 Å². The van der Waals surface area contributed by atoms with Crippen molar-refractivity contribution in [2.45, 2.75) is 20.0 Å². The number of nitrogens with one attached hydrogen (secondary N) is 1. The van der Waals surface area contributed by atoms with Crippen molar-refractivity contribution in [1.29, 1.82) is 0 Å². The number of benzene rings is 2. The molecule has 0 unspecified atom stereocenters. The normalized spacial score (nSPS) is 10.5. The van der Waals surface area contributed by atoms with Crippen LogP contribution in [0.15, 0.2) is 42.5 Å². The van der Waals surface area contributed by atoms with Crippen LogP contribution in [0.3, 0.4) is 0 Å². The van der Waals surface area contributed by atoms with Gasteiger partial charge in [0.25, 0.3) is 0 Å². The van der Waals surface area contributed by atoms with Crippen LogP contribution in [0.25, 0.3) is 0 Å². The summed E-state index contributed by atoms with van der Waals surface area (Å²) in [5.41, 5.74) is 8.15. The highest BCUT2D eigenvalue weighted by Crippen LogP contribution is 2.11. The summed E-state index contributed by atoms with van der Waals surface area (Å²) in [6.07, 6.45) is 0. The van der Waals surface area contributed by atoms with Crippen molar-refractivity contribution in [3.05, 3.63) is 70.5 Å². The third kappa shape index (κ3) is 3.65. The lowest BCUT2D eigenvalue weighted by molar-refractivity contribution is 0.1000. The van der Waals surface area contributed by atoms with E-state index in [2.05, 4.69) is 11.4 Å². The Labute approximate surface area is 117 Å². The summed E-state index contributed by atoms with van der Waals surface area (Å²) < 4.78 is 13.8. The number of aryl methyl sites for hydroxylation is 1. The molecule has 0 atom stereocenters. The summed E-state index contributed by atoms with van der Waals surface area (Å²) in [5.74, 6) is -1.04. The van der Waals surface area contributed by atoms with E-state index < -0.39 is 11.7 Å². The van der Waals surface area contributed by atoms with Crippen molar-refractivity contribution in [1.82, 2.24) is 5.32 Å². The molecule has 0 aliphatic heterocycles. The van der Waals surface area contributed by atoms with E-state index in [9.17, 15) is 9.18 Å². The highest BCUT2D eigenvalue weighted by atomic mass is 19.1. The molecule has 2 aromatic carbocycles. The van der Waals surface area contributed by atoms with Gasteiger partial charge in [0.05, 0.1) is 0 Å². The van der Waals surface area contributed by atoms with Gasteiger partial charge in [-0.05, 0) is 24.6 Å². The average molecular weight is 272 g/mol. The van der Waals surface area contributed by atoms with Crippen LogP contribution in [0.4, 0.5) is 4.39 Å². The van der Waals surface area contributed by atoms with Crippen LogP contribution in [0, 0.1) is 12.7 Å². The fourth-order valence-corrected chi connectivity index (χ4v) is 2.01. The predicted molar refractivity (Wildman–Crippen MR) is 76.6 cm³/mol. The summed E-state index contributed by atoms with van der Waals surface area (Å²) in [7, 11) is 0. The zero-order valence-corrected chi connectivity index (χ0v) is 11.3. The van der Waals surface area contributed by atoms with E-state index in [0.717, 1.165) is 5.56 Å². The quantitative estimate of drug-likeness (QED) is 0.878. The molecule has 0 radical (unpaired) electrons. The monoisotopic (exact) mass is 272 g/mol. The lowest BCUT2D eigenvalue weighted by Crippen LogP contribution is -2.15. The molecule has 0 aliphatic carbocycles. The maximum absolute atomic E-state index is 13.8. The minimum Gasteiger partial charge on any atom is -0.366 e. The highest BCUT2D eigenvalue weighted by Gasteiger charge is 2.06. The van der Waals surface area contributed by atoms with Crippen LogP contribution in [0.2, 0.25) is 0 Å². The standard InChI is InChI=1S/C16H17FN2O/c1-11-3-2-4-12(7-11)9-19-10-14-6-5-13(16(18)20)8-15(14)17/h2-8,19H,9-10H2,1H3,(H2,18,20). The van der Waals surface area contributed by atoms with Gasteiger partial charge in [0, 0.05) is 24.2 Å². The maximum Gasteiger partial charge on any atom is 0.248 e. The summed E-state index contributed by atoms with van der Waals surface area (Å²) >= 11 is 0. The van der Waals surface area contributed by atoms with E-state index in [4.69, 9.17) is 5.73 Å². The topological polar surface area (TPSA) is 55.1 Å². The molecule has 1 amide bonds. The molecule has 0 saturated carbocycles. The zero-order chi connectivity index (χ0) is 14.5.